The summed E-state index contributed by atoms with van der Waals surface area (Å²) in [5, 5.41) is 19.8. The molecule has 1 amide bonds. The number of H-pyrrole nitrogens is 1. The van der Waals surface area contributed by atoms with Crippen molar-refractivity contribution in [1.29, 1.82) is 0 Å². The maximum atomic E-state index is 12.6. The molecule has 0 aromatic carbocycles. The van der Waals surface area contributed by atoms with Crippen molar-refractivity contribution in [2.45, 2.75) is 45.3 Å². The highest BCUT2D eigenvalue weighted by atomic mass is 16.5. The van der Waals surface area contributed by atoms with Crippen molar-refractivity contribution in [1.82, 2.24) is 20.5 Å². The molecule has 0 spiro atoms. The van der Waals surface area contributed by atoms with Crippen LogP contribution in [0.2, 0.25) is 0 Å². The Bertz CT molecular complexity index is 716. The summed E-state index contributed by atoms with van der Waals surface area (Å²) in [5.74, 6) is 0.683. The summed E-state index contributed by atoms with van der Waals surface area (Å²) in [6.07, 6.45) is 3.09. The number of nitrogens with zero attached hydrogens (tertiary/aromatic N) is 2. The zero-order chi connectivity index (χ0) is 18.0. The molecule has 2 aromatic heterocycles. The van der Waals surface area contributed by atoms with Crippen LogP contribution in [0.4, 0.5) is 0 Å². The minimum Gasteiger partial charge on any atom is -0.481 e. The third kappa shape index (κ3) is 3.82. The normalized spacial score (nSPS) is 20.6. The van der Waals surface area contributed by atoms with Crippen LogP contribution in [0.1, 0.15) is 41.4 Å². The minimum atomic E-state index is -0.283. The number of aryl methyl sites for hydroxylation is 2. The summed E-state index contributed by atoms with van der Waals surface area (Å²) in [4.78, 5) is 16.8. The van der Waals surface area contributed by atoms with Gasteiger partial charge in [0.15, 0.2) is 0 Å². The summed E-state index contributed by atoms with van der Waals surface area (Å²) in [7, 11) is 1.57. The van der Waals surface area contributed by atoms with E-state index in [4.69, 9.17) is 4.74 Å². The molecule has 3 N–H and O–H groups in total. The maximum Gasteiger partial charge on any atom is 0.225 e. The van der Waals surface area contributed by atoms with E-state index in [1.54, 1.807) is 19.4 Å². The largest absolute Gasteiger partial charge is 0.481 e. The number of pyridine rings is 1. The first-order valence-electron chi connectivity index (χ1n) is 8.45. The van der Waals surface area contributed by atoms with Gasteiger partial charge in [-0.1, -0.05) is 6.07 Å². The first-order chi connectivity index (χ1) is 12.0. The van der Waals surface area contributed by atoms with Crippen molar-refractivity contribution in [2.75, 3.05) is 7.11 Å². The summed E-state index contributed by atoms with van der Waals surface area (Å²) >= 11 is 0. The maximum absolute atomic E-state index is 12.6. The molecule has 1 atom stereocenters. The fourth-order valence-corrected chi connectivity index (χ4v) is 3.29. The summed E-state index contributed by atoms with van der Waals surface area (Å²) in [6, 6.07) is 3.53. The molecule has 3 rings (SSSR count). The second-order valence-corrected chi connectivity index (χ2v) is 6.65. The number of aliphatic hydroxyl groups excluding tert-OH is 1. The molecule has 0 radical (unpaired) electrons. The summed E-state index contributed by atoms with van der Waals surface area (Å²) < 4.78 is 5.10. The smallest absolute Gasteiger partial charge is 0.225 e. The Morgan fingerprint density at radius 2 is 2.20 bits per heavy atom. The van der Waals surface area contributed by atoms with Gasteiger partial charge in [-0.2, -0.15) is 5.10 Å². The Hall–Kier alpha value is -2.41. The zero-order valence-corrected chi connectivity index (χ0v) is 14.7. The fourth-order valence-electron chi connectivity index (χ4n) is 3.29. The van der Waals surface area contributed by atoms with E-state index in [9.17, 15) is 9.90 Å². The van der Waals surface area contributed by atoms with Crippen LogP contribution in [0.25, 0.3) is 0 Å². The molecule has 2 heterocycles. The Kier molecular flexibility index (Phi) is 5.03. The average molecular weight is 344 g/mol. The number of aliphatic hydroxyl groups is 1. The number of hydrogen-bond donors (Lipinski definition) is 3. The fraction of sp³-hybridized carbons (Fsp3) is 0.500. The van der Waals surface area contributed by atoms with Gasteiger partial charge in [0.05, 0.1) is 31.4 Å². The van der Waals surface area contributed by atoms with E-state index in [-0.39, 0.29) is 30.4 Å². The minimum absolute atomic E-state index is 0.0604. The molecule has 134 valence electrons. The number of methoxy groups -OCH3 is 1. The summed E-state index contributed by atoms with van der Waals surface area (Å²) in [6.45, 7) is 3.80. The van der Waals surface area contributed by atoms with Crippen LogP contribution in [0.3, 0.4) is 0 Å². The number of nitrogens with one attached hydrogen (secondary N) is 2. The number of carbonyl (C=O) groups excluding carboxylic acids is 1. The van der Waals surface area contributed by atoms with Crippen LogP contribution in [0.5, 0.6) is 5.88 Å². The quantitative estimate of drug-likeness (QED) is 0.739. The van der Waals surface area contributed by atoms with Gasteiger partial charge in [-0.15, -0.1) is 0 Å². The van der Waals surface area contributed by atoms with E-state index in [0.717, 1.165) is 22.5 Å². The molecule has 7 nitrogen and oxygen atoms in total. The second-order valence-electron chi connectivity index (χ2n) is 6.65. The first-order valence-corrected chi connectivity index (χ1v) is 8.45. The van der Waals surface area contributed by atoms with E-state index in [1.807, 2.05) is 19.9 Å². The Morgan fingerprint density at radius 1 is 1.44 bits per heavy atom. The van der Waals surface area contributed by atoms with Crippen molar-refractivity contribution in [2.24, 2.45) is 5.92 Å². The van der Waals surface area contributed by atoms with E-state index < -0.39 is 0 Å². The molecule has 25 heavy (non-hydrogen) atoms. The number of amides is 1. The van der Waals surface area contributed by atoms with Gasteiger partial charge in [-0.3, -0.25) is 9.89 Å². The first kappa shape index (κ1) is 17.4. The highest BCUT2D eigenvalue weighted by Gasteiger charge is 2.36. The van der Waals surface area contributed by atoms with E-state index in [2.05, 4.69) is 20.5 Å². The highest BCUT2D eigenvalue weighted by molar-refractivity contribution is 5.79. The van der Waals surface area contributed by atoms with Crippen LogP contribution >= 0.6 is 0 Å². The van der Waals surface area contributed by atoms with Crippen molar-refractivity contribution in [3.8, 4) is 5.88 Å². The lowest BCUT2D eigenvalue weighted by Crippen LogP contribution is -2.42. The molecule has 1 fully saturated rings. The Labute approximate surface area is 146 Å². The van der Waals surface area contributed by atoms with Gasteiger partial charge in [0.25, 0.3) is 0 Å². The molecule has 1 aliphatic rings. The van der Waals surface area contributed by atoms with Gasteiger partial charge in [0, 0.05) is 23.5 Å². The number of aromatic nitrogens is 3. The third-order valence-electron chi connectivity index (χ3n) is 4.88. The molecule has 0 unspecified atom stereocenters. The van der Waals surface area contributed by atoms with Gasteiger partial charge < -0.3 is 15.2 Å². The van der Waals surface area contributed by atoms with E-state index >= 15 is 0 Å². The van der Waals surface area contributed by atoms with Gasteiger partial charge in [0.1, 0.15) is 0 Å². The lowest BCUT2D eigenvalue weighted by molar-refractivity contribution is -0.122. The molecule has 0 bridgehead atoms. The zero-order valence-electron chi connectivity index (χ0n) is 14.7. The van der Waals surface area contributed by atoms with Gasteiger partial charge in [0.2, 0.25) is 11.8 Å². The molecule has 1 aliphatic carbocycles. The molecule has 0 aliphatic heterocycles. The number of ether oxygens (including phenoxy) is 1. The topological polar surface area (TPSA) is 100 Å². The van der Waals surface area contributed by atoms with Gasteiger partial charge in [-0.05, 0) is 38.2 Å². The van der Waals surface area contributed by atoms with Crippen LogP contribution in [-0.4, -0.2) is 39.4 Å². The van der Waals surface area contributed by atoms with Crippen LogP contribution in [0.15, 0.2) is 18.3 Å². The van der Waals surface area contributed by atoms with Gasteiger partial charge >= 0.3 is 0 Å². The van der Waals surface area contributed by atoms with Crippen molar-refractivity contribution in [3.05, 3.63) is 40.8 Å². The lowest BCUT2D eigenvalue weighted by Gasteiger charge is -2.38. The Balaban J connectivity index is 1.74. The number of carbonyl (C=O) groups is 1. The molecule has 2 aromatic rings. The number of rotatable bonds is 6. The average Bonchev–Trinajstić information content (AvgIpc) is 2.89. The molecule has 7 heteroatoms. The van der Waals surface area contributed by atoms with E-state index in [0.29, 0.717) is 18.7 Å². The number of hydrogen-bond acceptors (Lipinski definition) is 5. The second kappa shape index (κ2) is 7.23. The third-order valence-corrected chi connectivity index (χ3v) is 4.88. The van der Waals surface area contributed by atoms with Crippen LogP contribution in [0, 0.1) is 19.8 Å². The summed E-state index contributed by atoms with van der Waals surface area (Å²) in [5.41, 5.74) is 3.60. The molecular formula is C18H24N4O3. The predicted octanol–water partition coefficient (Wildman–Crippen LogP) is 1.60. The highest BCUT2D eigenvalue weighted by Crippen LogP contribution is 2.38. The SMILES string of the molecule is COc1ccc([C@H](NC(=O)Cc2c(C)n[nH]c2C)C2CC(O)C2)cn1. The number of aromatic amines is 1. The van der Waals surface area contributed by atoms with Crippen molar-refractivity contribution < 1.29 is 14.6 Å². The predicted molar refractivity (Wildman–Crippen MR) is 92.2 cm³/mol. The lowest BCUT2D eigenvalue weighted by atomic mass is 9.75. The Morgan fingerprint density at radius 3 is 2.72 bits per heavy atom. The van der Waals surface area contributed by atoms with Crippen molar-refractivity contribution >= 4 is 5.91 Å². The van der Waals surface area contributed by atoms with Gasteiger partial charge in [-0.25, -0.2) is 4.98 Å². The van der Waals surface area contributed by atoms with Crippen LogP contribution in [-0.2, 0) is 11.2 Å². The van der Waals surface area contributed by atoms with Crippen molar-refractivity contribution in [3.63, 3.8) is 0 Å². The monoisotopic (exact) mass is 344 g/mol. The van der Waals surface area contributed by atoms with Crippen LogP contribution < -0.4 is 10.1 Å². The molecule has 0 saturated heterocycles. The molecule has 1 saturated carbocycles. The molecular weight excluding hydrogens is 320 g/mol. The standard InChI is InChI=1S/C18H24N4O3/c1-10-15(11(2)22-21-10)8-16(24)20-18(13-6-14(23)7-13)12-4-5-17(25-3)19-9-12/h4-5,9,13-14,18,23H,6-8H2,1-3H3,(H,20,24)(H,21,22)/t13?,14?,18-/m0/s1. The van der Waals surface area contributed by atoms with E-state index in [1.165, 1.54) is 0 Å².